The molecule has 0 spiro atoms. The molecule has 0 N–H and O–H groups in total. The van der Waals surface area contributed by atoms with Crippen LogP contribution in [0.15, 0.2) is 54.6 Å². The summed E-state index contributed by atoms with van der Waals surface area (Å²) >= 11 is 5.92. The largest absolute Gasteiger partial charge is 0.341 e. The summed E-state index contributed by atoms with van der Waals surface area (Å²) in [5.74, 6) is -0.183. The number of hydrogen-bond donors (Lipinski definition) is 0. The van der Waals surface area contributed by atoms with Gasteiger partial charge in [0.15, 0.2) is 0 Å². The van der Waals surface area contributed by atoms with Crippen LogP contribution in [0.2, 0.25) is 5.02 Å². The van der Waals surface area contributed by atoms with Gasteiger partial charge in [-0.1, -0.05) is 54.1 Å². The summed E-state index contributed by atoms with van der Waals surface area (Å²) in [7, 11) is -1.59. The molecule has 0 radical (unpaired) electrons. The maximum absolute atomic E-state index is 12.9. The molecular formula is C23H29ClN2O3S. The van der Waals surface area contributed by atoms with Gasteiger partial charge in [-0.3, -0.25) is 4.79 Å². The van der Waals surface area contributed by atoms with Crippen LogP contribution in [-0.4, -0.2) is 49.4 Å². The second-order valence-corrected chi connectivity index (χ2v) is 10.4. The molecule has 1 aliphatic rings. The predicted molar refractivity (Wildman–Crippen MR) is 121 cm³/mol. The Balaban J connectivity index is 1.53. The summed E-state index contributed by atoms with van der Waals surface area (Å²) in [6.45, 7) is 1.26. The number of aryl methyl sites for hydroxylation is 1. The topological polar surface area (TPSA) is 57.7 Å². The van der Waals surface area contributed by atoms with Crippen molar-refractivity contribution in [1.82, 2.24) is 9.21 Å². The molecule has 162 valence electrons. The summed E-state index contributed by atoms with van der Waals surface area (Å²) in [5, 5.41) is 0.660. The lowest BCUT2D eigenvalue weighted by Crippen LogP contribution is -2.46. The van der Waals surface area contributed by atoms with Gasteiger partial charge in [-0.2, -0.15) is 0 Å². The molecule has 1 amide bonds. The van der Waals surface area contributed by atoms with E-state index in [1.54, 1.807) is 24.1 Å². The first-order valence-corrected chi connectivity index (χ1v) is 12.3. The lowest BCUT2D eigenvalue weighted by Gasteiger charge is -2.33. The van der Waals surface area contributed by atoms with Crippen molar-refractivity contribution in [2.45, 2.75) is 32.2 Å². The summed E-state index contributed by atoms with van der Waals surface area (Å²) < 4.78 is 27.2. The van der Waals surface area contributed by atoms with E-state index in [0.29, 0.717) is 31.0 Å². The van der Waals surface area contributed by atoms with E-state index in [1.165, 1.54) is 4.31 Å². The Morgan fingerprint density at radius 2 is 1.80 bits per heavy atom. The van der Waals surface area contributed by atoms with Crippen LogP contribution < -0.4 is 0 Å². The number of benzene rings is 2. The first-order valence-electron chi connectivity index (χ1n) is 10.4. The zero-order valence-electron chi connectivity index (χ0n) is 17.3. The Morgan fingerprint density at radius 1 is 1.10 bits per heavy atom. The van der Waals surface area contributed by atoms with Crippen molar-refractivity contribution >= 4 is 27.5 Å². The van der Waals surface area contributed by atoms with Gasteiger partial charge >= 0.3 is 0 Å². The number of carbonyl (C=O) groups is 1. The Kier molecular flexibility index (Phi) is 7.92. The van der Waals surface area contributed by atoms with Crippen molar-refractivity contribution < 1.29 is 13.2 Å². The first kappa shape index (κ1) is 22.8. The number of halogens is 1. The lowest BCUT2D eigenvalue weighted by atomic mass is 9.98. The second kappa shape index (κ2) is 10.4. The fourth-order valence-corrected chi connectivity index (χ4v) is 5.59. The van der Waals surface area contributed by atoms with E-state index in [0.717, 1.165) is 24.0 Å². The second-order valence-electron chi connectivity index (χ2n) is 7.92. The van der Waals surface area contributed by atoms with Gasteiger partial charge in [0.1, 0.15) is 0 Å². The van der Waals surface area contributed by atoms with Gasteiger partial charge in [0.25, 0.3) is 0 Å². The molecule has 0 aromatic heterocycles. The minimum Gasteiger partial charge on any atom is -0.341 e. The molecule has 0 unspecified atom stereocenters. The summed E-state index contributed by atoms with van der Waals surface area (Å²) in [6.07, 6.45) is 2.75. The molecule has 0 aliphatic carbocycles. The quantitative estimate of drug-likeness (QED) is 0.613. The van der Waals surface area contributed by atoms with Crippen LogP contribution in [0.1, 0.15) is 30.4 Å². The number of carbonyl (C=O) groups excluding carboxylic acids is 1. The maximum atomic E-state index is 12.9. The van der Waals surface area contributed by atoms with Crippen molar-refractivity contribution in [3.05, 3.63) is 70.7 Å². The Bertz CT molecular complexity index is 933. The van der Waals surface area contributed by atoms with Crippen LogP contribution in [0.25, 0.3) is 0 Å². The van der Waals surface area contributed by atoms with E-state index in [-0.39, 0.29) is 24.1 Å². The molecular weight excluding hydrogens is 420 g/mol. The number of sulfonamides is 1. The monoisotopic (exact) mass is 448 g/mol. The summed E-state index contributed by atoms with van der Waals surface area (Å²) in [5.41, 5.74) is 2.14. The van der Waals surface area contributed by atoms with E-state index in [4.69, 9.17) is 11.6 Å². The minimum atomic E-state index is -3.36. The highest BCUT2D eigenvalue weighted by Crippen LogP contribution is 2.23. The fourth-order valence-electron chi connectivity index (χ4n) is 3.88. The molecule has 1 aliphatic heterocycles. The van der Waals surface area contributed by atoms with Crippen molar-refractivity contribution in [1.29, 1.82) is 0 Å². The molecule has 30 heavy (non-hydrogen) atoms. The van der Waals surface area contributed by atoms with Gasteiger partial charge < -0.3 is 4.90 Å². The number of rotatable bonds is 8. The van der Waals surface area contributed by atoms with E-state index in [1.807, 2.05) is 42.5 Å². The van der Waals surface area contributed by atoms with Crippen LogP contribution in [-0.2, 0) is 27.8 Å². The molecule has 1 atom stereocenters. The van der Waals surface area contributed by atoms with Crippen LogP contribution in [0.3, 0.4) is 0 Å². The molecule has 7 heteroatoms. The number of hydrogen-bond acceptors (Lipinski definition) is 3. The number of amides is 1. The van der Waals surface area contributed by atoms with Crippen LogP contribution in [0, 0.1) is 5.92 Å². The third-order valence-electron chi connectivity index (χ3n) is 5.55. The molecule has 1 saturated heterocycles. The molecule has 0 bridgehead atoms. The van der Waals surface area contributed by atoms with E-state index in [9.17, 15) is 13.2 Å². The van der Waals surface area contributed by atoms with Crippen molar-refractivity contribution in [2.24, 2.45) is 5.92 Å². The number of nitrogens with zero attached hydrogens (tertiary/aromatic N) is 2. The van der Waals surface area contributed by atoms with E-state index < -0.39 is 10.0 Å². The van der Waals surface area contributed by atoms with Gasteiger partial charge in [0.2, 0.25) is 15.9 Å². The van der Waals surface area contributed by atoms with Crippen LogP contribution in [0.4, 0.5) is 0 Å². The normalized spacial score (nSPS) is 17.6. The van der Waals surface area contributed by atoms with Gasteiger partial charge in [0.05, 0.1) is 11.7 Å². The highest BCUT2D eigenvalue weighted by atomic mass is 35.5. The zero-order chi connectivity index (χ0) is 21.6. The van der Waals surface area contributed by atoms with Crippen molar-refractivity contribution in [3.8, 4) is 0 Å². The highest BCUT2D eigenvalue weighted by Gasteiger charge is 2.33. The van der Waals surface area contributed by atoms with Crippen LogP contribution in [0.5, 0.6) is 0 Å². The average molecular weight is 449 g/mol. The Morgan fingerprint density at radius 3 is 2.50 bits per heavy atom. The fraction of sp³-hybridized carbons (Fsp3) is 0.435. The molecule has 1 fully saturated rings. The third kappa shape index (κ3) is 6.30. The smallest absolute Gasteiger partial charge is 0.227 e. The maximum Gasteiger partial charge on any atom is 0.227 e. The SMILES string of the molecule is CN(Cc1ccc(Cl)cc1)C(=O)[C@@H]1CCCN(S(=O)(=O)CCCc2ccccc2)C1. The molecule has 2 aromatic carbocycles. The van der Waals surface area contributed by atoms with E-state index >= 15 is 0 Å². The third-order valence-corrected chi connectivity index (χ3v) is 7.72. The van der Waals surface area contributed by atoms with Crippen molar-refractivity contribution in [2.75, 3.05) is 25.9 Å². The molecule has 5 nitrogen and oxygen atoms in total. The van der Waals surface area contributed by atoms with Gasteiger partial charge in [-0.25, -0.2) is 12.7 Å². The van der Waals surface area contributed by atoms with Gasteiger partial charge in [-0.15, -0.1) is 0 Å². The Hall–Kier alpha value is -1.89. The minimum absolute atomic E-state index is 0.00543. The van der Waals surface area contributed by atoms with Crippen LogP contribution >= 0.6 is 11.6 Å². The summed E-state index contributed by atoms with van der Waals surface area (Å²) in [6, 6.07) is 17.3. The highest BCUT2D eigenvalue weighted by molar-refractivity contribution is 7.89. The molecule has 3 rings (SSSR count). The first-order chi connectivity index (χ1) is 14.3. The molecule has 2 aromatic rings. The predicted octanol–water partition coefficient (Wildman–Crippen LogP) is 3.97. The average Bonchev–Trinajstić information content (AvgIpc) is 2.75. The van der Waals surface area contributed by atoms with E-state index in [2.05, 4.69) is 0 Å². The van der Waals surface area contributed by atoms with Crippen molar-refractivity contribution in [3.63, 3.8) is 0 Å². The van der Waals surface area contributed by atoms with Gasteiger partial charge in [0, 0.05) is 31.7 Å². The molecule has 1 heterocycles. The standard InChI is InChI=1S/C23H29ClN2O3S/c1-25(17-20-11-13-22(24)14-12-20)23(27)21-10-5-15-26(18-21)30(28,29)16-6-9-19-7-3-2-4-8-19/h2-4,7-8,11-14,21H,5-6,9-10,15-18H2,1H3/t21-/m1/s1. The van der Waals surface area contributed by atoms with Gasteiger partial charge in [-0.05, 0) is 48.9 Å². The zero-order valence-corrected chi connectivity index (χ0v) is 18.9. The Labute approximate surface area is 184 Å². The lowest BCUT2D eigenvalue weighted by molar-refractivity contribution is -0.135. The molecule has 0 saturated carbocycles. The summed E-state index contributed by atoms with van der Waals surface area (Å²) in [4.78, 5) is 14.6. The number of piperidine rings is 1.